The van der Waals surface area contributed by atoms with Crippen LogP contribution >= 0.6 is 11.6 Å². The zero-order chi connectivity index (χ0) is 25.5. The standard InChI is InChI=1S/C27H33ClN6O2/c1-36-22-13-11-19(12-14-22)9-5-15-34(17-20-7-3-2-4-8-20)16-6-10-21(18-34)31-27(35)23-25(29)33-26(30)24(28)32-23/h2-4,7-8,11-14,21H,5-6,9-10,15-18H2,1H3,(H4-,29,30,31,33,35)/p+1. The van der Waals surface area contributed by atoms with E-state index in [9.17, 15) is 4.79 Å². The van der Waals surface area contributed by atoms with Crippen molar-refractivity contribution in [3.05, 3.63) is 76.6 Å². The van der Waals surface area contributed by atoms with Crippen LogP contribution in [0.4, 0.5) is 11.6 Å². The molecule has 36 heavy (non-hydrogen) atoms. The van der Waals surface area contributed by atoms with E-state index in [1.54, 1.807) is 7.11 Å². The summed E-state index contributed by atoms with van der Waals surface area (Å²) in [5.74, 6) is 0.493. The lowest BCUT2D eigenvalue weighted by Gasteiger charge is -2.45. The smallest absolute Gasteiger partial charge is 0.274 e. The SMILES string of the molecule is COc1ccc(CCC[N+]2(Cc3ccccc3)CCCC(NC(=O)c3nc(Cl)c(N)nc3N)C2)cc1. The first kappa shape index (κ1) is 25.7. The summed E-state index contributed by atoms with van der Waals surface area (Å²) in [6.07, 6.45) is 3.96. The largest absolute Gasteiger partial charge is 0.497 e. The Morgan fingerprint density at radius 1 is 1.08 bits per heavy atom. The molecule has 1 aromatic heterocycles. The predicted octanol–water partition coefficient (Wildman–Crippen LogP) is 3.85. The molecule has 2 unspecified atom stereocenters. The van der Waals surface area contributed by atoms with E-state index in [-0.39, 0.29) is 34.4 Å². The molecule has 0 radical (unpaired) electrons. The average Bonchev–Trinajstić information content (AvgIpc) is 2.87. The Morgan fingerprint density at radius 3 is 2.56 bits per heavy atom. The summed E-state index contributed by atoms with van der Waals surface area (Å²) in [6, 6.07) is 18.8. The number of ether oxygens (including phenoxy) is 1. The number of quaternary nitrogens is 1. The topological polar surface area (TPSA) is 116 Å². The number of anilines is 2. The summed E-state index contributed by atoms with van der Waals surface area (Å²) < 4.78 is 6.19. The molecule has 1 saturated heterocycles. The molecule has 2 atom stereocenters. The van der Waals surface area contributed by atoms with Crippen LogP contribution in [0, 0.1) is 0 Å². The van der Waals surface area contributed by atoms with Crippen LogP contribution < -0.4 is 21.5 Å². The number of hydrogen-bond acceptors (Lipinski definition) is 6. The van der Waals surface area contributed by atoms with Gasteiger partial charge in [0.25, 0.3) is 5.91 Å². The van der Waals surface area contributed by atoms with Crippen molar-refractivity contribution in [1.82, 2.24) is 15.3 Å². The third kappa shape index (κ3) is 6.44. The molecule has 3 aromatic rings. The highest BCUT2D eigenvalue weighted by Crippen LogP contribution is 2.26. The number of carbonyl (C=O) groups is 1. The number of nitrogens with zero attached hydrogens (tertiary/aromatic N) is 3. The minimum Gasteiger partial charge on any atom is -0.497 e. The van der Waals surface area contributed by atoms with Crippen LogP contribution in [0.3, 0.4) is 0 Å². The Labute approximate surface area is 217 Å². The fourth-order valence-electron chi connectivity index (χ4n) is 5.11. The Hall–Kier alpha value is -3.36. The van der Waals surface area contributed by atoms with Gasteiger partial charge in [-0.3, -0.25) is 4.79 Å². The molecule has 2 aromatic carbocycles. The van der Waals surface area contributed by atoms with Crippen molar-refractivity contribution in [1.29, 1.82) is 0 Å². The van der Waals surface area contributed by atoms with Gasteiger partial charge in [-0.15, -0.1) is 0 Å². The van der Waals surface area contributed by atoms with E-state index in [1.165, 1.54) is 11.1 Å². The van der Waals surface area contributed by atoms with E-state index in [1.807, 2.05) is 18.2 Å². The predicted molar refractivity (Wildman–Crippen MR) is 143 cm³/mol. The highest BCUT2D eigenvalue weighted by atomic mass is 35.5. The number of hydrogen-bond donors (Lipinski definition) is 3. The molecular formula is C27H34ClN6O2+. The van der Waals surface area contributed by atoms with E-state index in [2.05, 4.69) is 51.7 Å². The first-order valence-electron chi connectivity index (χ1n) is 12.3. The van der Waals surface area contributed by atoms with Crippen LogP contribution in [0.5, 0.6) is 5.75 Å². The second-order valence-corrected chi connectivity index (χ2v) is 9.87. The summed E-state index contributed by atoms with van der Waals surface area (Å²) in [5.41, 5.74) is 14.2. The number of rotatable bonds is 9. The van der Waals surface area contributed by atoms with Crippen molar-refractivity contribution in [2.45, 2.75) is 38.3 Å². The number of nitrogen functional groups attached to an aromatic ring is 2. The summed E-state index contributed by atoms with van der Waals surface area (Å²) in [4.78, 5) is 21.0. The summed E-state index contributed by atoms with van der Waals surface area (Å²) in [5, 5.41) is 3.11. The number of piperidine rings is 1. The lowest BCUT2D eigenvalue weighted by atomic mass is 9.99. The Bertz CT molecular complexity index is 1170. The first-order chi connectivity index (χ1) is 17.4. The van der Waals surface area contributed by atoms with Gasteiger partial charge in [0.1, 0.15) is 12.3 Å². The molecule has 0 saturated carbocycles. The van der Waals surface area contributed by atoms with Gasteiger partial charge in [-0.05, 0) is 37.0 Å². The highest BCUT2D eigenvalue weighted by Gasteiger charge is 2.36. The van der Waals surface area contributed by atoms with Crippen molar-refractivity contribution < 1.29 is 14.0 Å². The van der Waals surface area contributed by atoms with Crippen LogP contribution in [0.1, 0.15) is 40.9 Å². The van der Waals surface area contributed by atoms with Crippen LogP contribution in [-0.4, -0.2) is 53.1 Å². The van der Waals surface area contributed by atoms with Crippen molar-refractivity contribution in [3.63, 3.8) is 0 Å². The highest BCUT2D eigenvalue weighted by molar-refractivity contribution is 6.31. The van der Waals surface area contributed by atoms with Crippen molar-refractivity contribution in [3.8, 4) is 5.75 Å². The fourth-order valence-corrected chi connectivity index (χ4v) is 5.24. The van der Waals surface area contributed by atoms with Crippen LogP contribution in [0.2, 0.25) is 5.15 Å². The average molecular weight is 510 g/mol. The summed E-state index contributed by atoms with van der Waals surface area (Å²) in [6.45, 7) is 3.84. The normalized spacial score (nSPS) is 19.6. The molecule has 1 fully saturated rings. The number of nitrogens with two attached hydrogens (primary N) is 2. The number of carbonyl (C=O) groups excluding carboxylic acids is 1. The maximum Gasteiger partial charge on any atom is 0.274 e. The van der Waals surface area contributed by atoms with E-state index >= 15 is 0 Å². The number of methoxy groups -OCH3 is 1. The molecule has 0 spiro atoms. The number of likely N-dealkylation sites (tertiary alicyclic amines) is 1. The third-order valence-electron chi connectivity index (χ3n) is 6.87. The zero-order valence-corrected chi connectivity index (χ0v) is 21.4. The molecule has 5 N–H and O–H groups in total. The van der Waals surface area contributed by atoms with Crippen molar-refractivity contribution >= 4 is 29.1 Å². The number of benzene rings is 2. The molecule has 9 heteroatoms. The molecule has 8 nitrogen and oxygen atoms in total. The van der Waals surface area contributed by atoms with E-state index in [0.29, 0.717) is 0 Å². The van der Waals surface area contributed by atoms with Gasteiger partial charge in [-0.1, -0.05) is 54.1 Å². The van der Waals surface area contributed by atoms with Gasteiger partial charge in [0.2, 0.25) is 0 Å². The zero-order valence-electron chi connectivity index (χ0n) is 20.6. The molecule has 2 heterocycles. The number of amides is 1. The van der Waals surface area contributed by atoms with Crippen LogP contribution in [-0.2, 0) is 13.0 Å². The lowest BCUT2D eigenvalue weighted by Crippen LogP contribution is -2.59. The number of aryl methyl sites for hydroxylation is 1. The van der Waals surface area contributed by atoms with Gasteiger partial charge < -0.3 is 26.0 Å². The van der Waals surface area contributed by atoms with Crippen LogP contribution in [0.25, 0.3) is 0 Å². The van der Waals surface area contributed by atoms with Gasteiger partial charge in [-0.2, -0.15) is 0 Å². The second kappa shape index (κ2) is 11.6. The lowest BCUT2D eigenvalue weighted by molar-refractivity contribution is -0.946. The monoisotopic (exact) mass is 509 g/mol. The van der Waals surface area contributed by atoms with Gasteiger partial charge in [0.05, 0.1) is 32.8 Å². The van der Waals surface area contributed by atoms with Gasteiger partial charge in [-0.25, -0.2) is 9.97 Å². The molecule has 4 rings (SSSR count). The summed E-state index contributed by atoms with van der Waals surface area (Å²) in [7, 11) is 1.68. The van der Waals surface area contributed by atoms with Gasteiger partial charge >= 0.3 is 0 Å². The van der Waals surface area contributed by atoms with E-state index in [0.717, 1.165) is 62.1 Å². The molecule has 0 aliphatic carbocycles. The third-order valence-corrected chi connectivity index (χ3v) is 7.14. The first-order valence-corrected chi connectivity index (χ1v) is 12.7. The molecule has 0 bridgehead atoms. The van der Waals surface area contributed by atoms with Gasteiger partial charge in [0.15, 0.2) is 22.5 Å². The molecular weight excluding hydrogens is 476 g/mol. The van der Waals surface area contributed by atoms with E-state index < -0.39 is 0 Å². The van der Waals surface area contributed by atoms with Crippen molar-refractivity contribution in [2.75, 3.05) is 38.2 Å². The fraction of sp³-hybridized carbons (Fsp3) is 0.370. The molecule has 1 amide bonds. The Balaban J connectivity index is 1.47. The van der Waals surface area contributed by atoms with E-state index in [4.69, 9.17) is 27.8 Å². The van der Waals surface area contributed by atoms with Gasteiger partial charge in [0, 0.05) is 12.0 Å². The second-order valence-electron chi connectivity index (χ2n) is 9.51. The Kier molecular flexibility index (Phi) is 8.28. The number of nitrogens with one attached hydrogen (secondary N) is 1. The summed E-state index contributed by atoms with van der Waals surface area (Å²) >= 11 is 5.99. The maximum atomic E-state index is 13.0. The minimum absolute atomic E-state index is 0.00604. The number of halogens is 1. The van der Waals surface area contributed by atoms with Crippen molar-refractivity contribution in [2.24, 2.45) is 0 Å². The molecule has 1 aliphatic heterocycles. The number of aromatic nitrogens is 2. The maximum absolute atomic E-state index is 13.0. The molecule has 1 aliphatic rings. The Morgan fingerprint density at radius 2 is 1.83 bits per heavy atom. The molecule has 190 valence electrons. The quantitative estimate of drug-likeness (QED) is 0.377. The van der Waals surface area contributed by atoms with Crippen LogP contribution in [0.15, 0.2) is 54.6 Å². The minimum atomic E-state index is -0.371.